The number of unbranched alkanes of at least 4 members (excludes halogenated alkanes) is 29. The molecular formula is C77H128O6. The van der Waals surface area contributed by atoms with Gasteiger partial charge in [0, 0.05) is 19.3 Å². The van der Waals surface area contributed by atoms with Crippen molar-refractivity contribution < 1.29 is 28.6 Å². The number of hydrogen-bond donors (Lipinski definition) is 0. The molecule has 0 bridgehead atoms. The van der Waals surface area contributed by atoms with Crippen LogP contribution in [0.5, 0.6) is 0 Å². The van der Waals surface area contributed by atoms with Gasteiger partial charge in [-0.3, -0.25) is 14.4 Å². The molecule has 0 N–H and O–H groups in total. The largest absolute Gasteiger partial charge is 0.462 e. The quantitative estimate of drug-likeness (QED) is 0.0261. The zero-order valence-corrected chi connectivity index (χ0v) is 54.2. The van der Waals surface area contributed by atoms with Crippen LogP contribution >= 0.6 is 0 Å². The van der Waals surface area contributed by atoms with Crippen LogP contribution in [0.15, 0.2) is 134 Å². The lowest BCUT2D eigenvalue weighted by molar-refractivity contribution is -0.167. The Morgan fingerprint density at radius 3 is 0.771 bits per heavy atom. The van der Waals surface area contributed by atoms with Gasteiger partial charge in [0.25, 0.3) is 0 Å². The Morgan fingerprint density at radius 2 is 0.470 bits per heavy atom. The Labute approximate surface area is 513 Å². The van der Waals surface area contributed by atoms with Crippen molar-refractivity contribution in [3.05, 3.63) is 134 Å². The lowest BCUT2D eigenvalue weighted by Crippen LogP contribution is -2.30. The SMILES string of the molecule is CC/C=C\C/C=C\C/C=C\C/C=C\C/C=C\C/C=C\CCCCCCCCCCCCC(=O)OCC(COC(=O)CCCC/C=C\C/C=C\C/C=C\C/C=C\CC)OC(=O)CCCCCCCCCCC/C=C\CCCCCCCCCC. The second-order valence-electron chi connectivity index (χ2n) is 22.7. The minimum absolute atomic E-state index is 0.0966. The molecule has 6 heteroatoms. The van der Waals surface area contributed by atoms with Crippen molar-refractivity contribution in [2.45, 2.75) is 322 Å². The van der Waals surface area contributed by atoms with E-state index >= 15 is 0 Å². The molecule has 0 aliphatic heterocycles. The molecule has 0 radical (unpaired) electrons. The van der Waals surface area contributed by atoms with E-state index in [1.54, 1.807) is 0 Å². The van der Waals surface area contributed by atoms with E-state index in [4.69, 9.17) is 14.2 Å². The Hall–Kier alpha value is -4.45. The van der Waals surface area contributed by atoms with Gasteiger partial charge in [-0.2, -0.15) is 0 Å². The molecule has 0 aliphatic carbocycles. The molecule has 0 fully saturated rings. The molecule has 0 saturated heterocycles. The molecule has 0 aromatic carbocycles. The molecule has 0 amide bonds. The maximum absolute atomic E-state index is 13.0. The average Bonchev–Trinajstić information content (AvgIpc) is 3.49. The summed E-state index contributed by atoms with van der Waals surface area (Å²) in [6.45, 7) is 6.39. The summed E-state index contributed by atoms with van der Waals surface area (Å²) in [6.07, 6.45) is 99.0. The van der Waals surface area contributed by atoms with E-state index in [0.29, 0.717) is 19.3 Å². The predicted molar refractivity (Wildman–Crippen MR) is 362 cm³/mol. The van der Waals surface area contributed by atoms with E-state index in [1.807, 2.05) is 0 Å². The Kier molecular flexibility index (Phi) is 66.3. The highest BCUT2D eigenvalue weighted by molar-refractivity contribution is 5.71. The van der Waals surface area contributed by atoms with Crippen molar-refractivity contribution in [1.29, 1.82) is 0 Å². The molecule has 83 heavy (non-hydrogen) atoms. The van der Waals surface area contributed by atoms with E-state index in [0.717, 1.165) is 122 Å². The van der Waals surface area contributed by atoms with Gasteiger partial charge in [0.05, 0.1) is 0 Å². The number of allylic oxidation sites excluding steroid dienone is 22. The summed E-state index contributed by atoms with van der Waals surface area (Å²) in [6, 6.07) is 0. The number of esters is 3. The summed E-state index contributed by atoms with van der Waals surface area (Å²) in [5.74, 6) is -0.938. The summed E-state index contributed by atoms with van der Waals surface area (Å²) in [4.78, 5) is 38.4. The summed E-state index contributed by atoms with van der Waals surface area (Å²) in [5.41, 5.74) is 0. The highest BCUT2D eigenvalue weighted by Gasteiger charge is 2.19. The fraction of sp³-hybridized carbons (Fsp3) is 0.675. The van der Waals surface area contributed by atoms with Crippen molar-refractivity contribution in [3.8, 4) is 0 Å². The zero-order valence-electron chi connectivity index (χ0n) is 54.2. The maximum Gasteiger partial charge on any atom is 0.306 e. The molecule has 1 atom stereocenters. The molecule has 0 aromatic heterocycles. The first kappa shape index (κ1) is 78.5. The summed E-state index contributed by atoms with van der Waals surface area (Å²) in [7, 11) is 0. The van der Waals surface area contributed by atoms with E-state index < -0.39 is 6.10 Å². The molecule has 0 aliphatic rings. The smallest absolute Gasteiger partial charge is 0.306 e. The first-order chi connectivity index (χ1) is 41.0. The Bertz CT molecular complexity index is 1750. The first-order valence-electron chi connectivity index (χ1n) is 34.7. The van der Waals surface area contributed by atoms with Gasteiger partial charge in [-0.25, -0.2) is 0 Å². The standard InChI is InChI=1S/C77H128O6/c1-4-7-10-13-16-19-22-25-28-30-32-34-35-36-37-38-39-40-41-43-44-46-49-52-55-58-61-64-67-70-76(79)82-73-74(72-81-75(78)69-66-63-60-57-54-51-48-27-24-21-18-15-12-9-6-3)83-77(80)71-68-65-62-59-56-53-50-47-45-42-33-31-29-26-23-20-17-14-11-8-5-2/h7,9-10,12,16,18-19,21,25,27-28,31-34,36-37,39-40,48,54,57,74H,4-6,8,11,13-15,17,20,22-24,26,29-30,35,38,41-47,49-53,55-56,58-73H2,1-3H3/b10-7-,12-9-,19-16-,21-18-,28-25-,33-31-,34-32-,37-36-,40-39-,48-27-,57-54-. The fourth-order valence-electron chi connectivity index (χ4n) is 9.49. The van der Waals surface area contributed by atoms with Gasteiger partial charge in [-0.1, -0.05) is 296 Å². The van der Waals surface area contributed by atoms with Crippen LogP contribution in [-0.4, -0.2) is 37.2 Å². The third kappa shape index (κ3) is 68.2. The molecular weight excluding hydrogens is 1020 g/mol. The predicted octanol–water partition coefficient (Wildman–Crippen LogP) is 24.1. The number of carbonyl (C=O) groups excluding carboxylic acids is 3. The van der Waals surface area contributed by atoms with Crippen LogP contribution in [0.4, 0.5) is 0 Å². The number of carbonyl (C=O) groups is 3. The van der Waals surface area contributed by atoms with Crippen molar-refractivity contribution in [3.63, 3.8) is 0 Å². The number of rotatable bonds is 62. The van der Waals surface area contributed by atoms with Crippen LogP contribution in [0.2, 0.25) is 0 Å². The molecule has 0 aromatic rings. The summed E-state index contributed by atoms with van der Waals surface area (Å²) < 4.78 is 16.9. The topological polar surface area (TPSA) is 78.9 Å². The van der Waals surface area contributed by atoms with Crippen molar-refractivity contribution in [2.24, 2.45) is 0 Å². The van der Waals surface area contributed by atoms with Crippen LogP contribution in [0.25, 0.3) is 0 Å². The van der Waals surface area contributed by atoms with Gasteiger partial charge in [-0.05, 0) is 135 Å². The lowest BCUT2D eigenvalue weighted by Gasteiger charge is -2.18. The highest BCUT2D eigenvalue weighted by atomic mass is 16.6. The van der Waals surface area contributed by atoms with Crippen LogP contribution < -0.4 is 0 Å². The molecule has 1 unspecified atom stereocenters. The fourth-order valence-corrected chi connectivity index (χ4v) is 9.49. The highest BCUT2D eigenvalue weighted by Crippen LogP contribution is 2.16. The Balaban J connectivity index is 4.37. The van der Waals surface area contributed by atoms with Gasteiger partial charge in [-0.15, -0.1) is 0 Å². The van der Waals surface area contributed by atoms with Crippen molar-refractivity contribution >= 4 is 17.9 Å². The Morgan fingerprint density at radius 1 is 0.253 bits per heavy atom. The van der Waals surface area contributed by atoms with Gasteiger partial charge in [0.2, 0.25) is 0 Å². The van der Waals surface area contributed by atoms with Crippen LogP contribution in [-0.2, 0) is 28.6 Å². The van der Waals surface area contributed by atoms with Gasteiger partial charge in [0.1, 0.15) is 13.2 Å². The molecule has 0 rings (SSSR count). The third-order valence-electron chi connectivity index (χ3n) is 14.6. The van der Waals surface area contributed by atoms with Crippen LogP contribution in [0.1, 0.15) is 316 Å². The normalized spacial score (nSPS) is 13.0. The van der Waals surface area contributed by atoms with Gasteiger partial charge >= 0.3 is 17.9 Å². The molecule has 0 saturated carbocycles. The average molecular weight is 1150 g/mol. The molecule has 0 heterocycles. The van der Waals surface area contributed by atoms with Crippen LogP contribution in [0, 0.1) is 0 Å². The molecule has 0 spiro atoms. The third-order valence-corrected chi connectivity index (χ3v) is 14.6. The number of ether oxygens (including phenoxy) is 3. The first-order valence-corrected chi connectivity index (χ1v) is 34.7. The summed E-state index contributed by atoms with van der Waals surface area (Å²) in [5, 5.41) is 0. The van der Waals surface area contributed by atoms with E-state index in [1.165, 1.54) is 154 Å². The van der Waals surface area contributed by atoms with Gasteiger partial charge < -0.3 is 14.2 Å². The van der Waals surface area contributed by atoms with Crippen molar-refractivity contribution in [2.75, 3.05) is 13.2 Å². The van der Waals surface area contributed by atoms with E-state index in [2.05, 4.69) is 154 Å². The molecule has 472 valence electrons. The van der Waals surface area contributed by atoms with Crippen molar-refractivity contribution in [1.82, 2.24) is 0 Å². The minimum atomic E-state index is -0.804. The second kappa shape index (κ2) is 70.0. The number of hydrogen-bond acceptors (Lipinski definition) is 6. The maximum atomic E-state index is 13.0. The van der Waals surface area contributed by atoms with Crippen LogP contribution in [0.3, 0.4) is 0 Å². The van der Waals surface area contributed by atoms with E-state index in [-0.39, 0.29) is 31.1 Å². The van der Waals surface area contributed by atoms with Gasteiger partial charge in [0.15, 0.2) is 6.10 Å². The zero-order chi connectivity index (χ0) is 59.9. The monoisotopic (exact) mass is 1150 g/mol. The molecule has 6 nitrogen and oxygen atoms in total. The lowest BCUT2D eigenvalue weighted by atomic mass is 10.0. The van der Waals surface area contributed by atoms with E-state index in [9.17, 15) is 14.4 Å². The second-order valence-corrected chi connectivity index (χ2v) is 22.7. The summed E-state index contributed by atoms with van der Waals surface area (Å²) >= 11 is 0. The minimum Gasteiger partial charge on any atom is -0.462 e.